The second-order valence-electron chi connectivity index (χ2n) is 5.54. The quantitative estimate of drug-likeness (QED) is 0.753. The number of aromatic nitrogens is 3. The summed E-state index contributed by atoms with van der Waals surface area (Å²) in [5, 5.41) is 10.4. The summed E-state index contributed by atoms with van der Waals surface area (Å²) in [6.45, 7) is 0.426. The lowest BCUT2D eigenvalue weighted by Gasteiger charge is -2.10. The zero-order valence-electron chi connectivity index (χ0n) is 14.1. The van der Waals surface area contributed by atoms with E-state index in [0.29, 0.717) is 11.4 Å². The first-order valence-corrected chi connectivity index (χ1v) is 7.68. The molecule has 2 amide bonds. The van der Waals surface area contributed by atoms with Gasteiger partial charge in [0.25, 0.3) is 0 Å². The zero-order valence-corrected chi connectivity index (χ0v) is 14.1. The molecule has 1 aromatic heterocycles. The predicted molar refractivity (Wildman–Crippen MR) is 87.1 cm³/mol. The second-order valence-corrected chi connectivity index (χ2v) is 5.54. The largest absolute Gasteiger partial charge is 0.487 e. The fourth-order valence-corrected chi connectivity index (χ4v) is 1.91. The van der Waals surface area contributed by atoms with Gasteiger partial charge < -0.3 is 15.0 Å². The maximum absolute atomic E-state index is 12.8. The summed E-state index contributed by atoms with van der Waals surface area (Å²) in [6, 6.07) is 5.64. The van der Waals surface area contributed by atoms with E-state index in [1.54, 1.807) is 20.3 Å². The molecule has 0 aliphatic rings. The van der Waals surface area contributed by atoms with Gasteiger partial charge in [-0.3, -0.25) is 9.59 Å². The molecule has 0 radical (unpaired) electrons. The van der Waals surface area contributed by atoms with Crippen molar-refractivity contribution < 1.29 is 18.7 Å². The highest BCUT2D eigenvalue weighted by Crippen LogP contribution is 2.12. The molecule has 8 nitrogen and oxygen atoms in total. The van der Waals surface area contributed by atoms with Crippen LogP contribution in [0.25, 0.3) is 0 Å². The van der Waals surface area contributed by atoms with Gasteiger partial charge in [0.2, 0.25) is 11.8 Å². The van der Waals surface area contributed by atoms with Gasteiger partial charge >= 0.3 is 0 Å². The number of nitrogens with zero attached hydrogens (tertiary/aromatic N) is 4. The normalized spacial score (nSPS) is 10.4. The van der Waals surface area contributed by atoms with Crippen LogP contribution in [0.1, 0.15) is 12.1 Å². The maximum Gasteiger partial charge on any atom is 0.241 e. The zero-order chi connectivity index (χ0) is 18.2. The number of carbonyl (C=O) groups excluding carboxylic acids is 2. The Balaban J connectivity index is 1.74. The van der Waals surface area contributed by atoms with E-state index < -0.39 is 0 Å². The van der Waals surface area contributed by atoms with Crippen molar-refractivity contribution in [2.75, 3.05) is 20.6 Å². The van der Waals surface area contributed by atoms with Gasteiger partial charge in [0.1, 0.15) is 30.4 Å². The Morgan fingerprint density at radius 1 is 1.28 bits per heavy atom. The van der Waals surface area contributed by atoms with E-state index in [-0.39, 0.29) is 43.7 Å². The minimum absolute atomic E-state index is 0.000295. The maximum atomic E-state index is 12.8. The van der Waals surface area contributed by atoms with Gasteiger partial charge in [-0.15, -0.1) is 5.10 Å². The number of hydrogen-bond donors (Lipinski definition) is 1. The van der Waals surface area contributed by atoms with Crippen molar-refractivity contribution in [2.45, 2.75) is 19.6 Å². The van der Waals surface area contributed by atoms with Crippen molar-refractivity contribution in [3.05, 3.63) is 42.0 Å². The number of amides is 2. The molecule has 1 heterocycles. The number of hydrogen-bond acceptors (Lipinski definition) is 5. The number of carbonyl (C=O) groups is 2. The smallest absolute Gasteiger partial charge is 0.241 e. The third-order valence-electron chi connectivity index (χ3n) is 3.25. The third kappa shape index (κ3) is 6.21. The lowest BCUT2D eigenvalue weighted by molar-refractivity contribution is -0.128. The van der Waals surface area contributed by atoms with Crippen LogP contribution >= 0.6 is 0 Å². The molecule has 0 atom stereocenters. The second kappa shape index (κ2) is 8.76. The number of rotatable bonds is 8. The van der Waals surface area contributed by atoms with Crippen molar-refractivity contribution in [1.29, 1.82) is 0 Å². The van der Waals surface area contributed by atoms with Crippen LogP contribution in [0.3, 0.4) is 0 Å². The Labute approximate surface area is 144 Å². The Hall–Kier alpha value is -2.97. The number of nitrogens with one attached hydrogen (secondary N) is 1. The fraction of sp³-hybridized carbons (Fsp3) is 0.375. The minimum atomic E-state index is -0.336. The fourth-order valence-electron chi connectivity index (χ4n) is 1.91. The minimum Gasteiger partial charge on any atom is -0.487 e. The van der Waals surface area contributed by atoms with Gasteiger partial charge in [-0.25, -0.2) is 9.07 Å². The summed E-state index contributed by atoms with van der Waals surface area (Å²) in [5.74, 6) is -0.139. The number of ether oxygens (including phenoxy) is 1. The van der Waals surface area contributed by atoms with Crippen LogP contribution in [0.5, 0.6) is 5.75 Å². The highest BCUT2D eigenvalue weighted by atomic mass is 19.1. The predicted octanol–water partition coefficient (Wildman–Crippen LogP) is 0.591. The molecule has 0 saturated carbocycles. The molecule has 2 rings (SSSR count). The topological polar surface area (TPSA) is 89.4 Å². The molecule has 2 aromatic rings. The van der Waals surface area contributed by atoms with Gasteiger partial charge in [-0.2, -0.15) is 0 Å². The van der Waals surface area contributed by atoms with Crippen LogP contribution in [-0.4, -0.2) is 52.3 Å². The highest BCUT2D eigenvalue weighted by molar-refractivity contribution is 5.78. The molecule has 0 aliphatic carbocycles. The number of halogens is 1. The molecule has 9 heteroatoms. The monoisotopic (exact) mass is 349 g/mol. The van der Waals surface area contributed by atoms with Crippen LogP contribution in [0.2, 0.25) is 0 Å². The summed E-state index contributed by atoms with van der Waals surface area (Å²) in [7, 11) is 3.32. The molecule has 0 fully saturated rings. The SMILES string of the molecule is CN(C)C(=O)CCNC(=O)Cn1cc(COc2ccc(F)cc2)nn1. The third-order valence-corrected chi connectivity index (χ3v) is 3.25. The number of benzene rings is 1. The van der Waals surface area contributed by atoms with E-state index >= 15 is 0 Å². The van der Waals surface area contributed by atoms with Crippen molar-refractivity contribution in [3.63, 3.8) is 0 Å². The first-order chi connectivity index (χ1) is 11.9. The molecular formula is C16H20FN5O3. The molecule has 0 bridgehead atoms. The molecule has 0 unspecified atom stereocenters. The van der Waals surface area contributed by atoms with Crippen molar-refractivity contribution in [3.8, 4) is 5.75 Å². The van der Waals surface area contributed by atoms with Gasteiger partial charge in [-0.1, -0.05) is 5.21 Å². The molecule has 25 heavy (non-hydrogen) atoms. The average molecular weight is 349 g/mol. The Kier molecular flexibility index (Phi) is 6.44. The molecule has 134 valence electrons. The van der Waals surface area contributed by atoms with Gasteiger partial charge in [-0.05, 0) is 24.3 Å². The summed E-state index contributed by atoms with van der Waals surface area (Å²) >= 11 is 0. The highest BCUT2D eigenvalue weighted by Gasteiger charge is 2.08. The van der Waals surface area contributed by atoms with Crippen molar-refractivity contribution >= 4 is 11.8 Å². The Morgan fingerprint density at radius 3 is 2.68 bits per heavy atom. The first-order valence-electron chi connectivity index (χ1n) is 7.68. The van der Waals surface area contributed by atoms with Gasteiger partial charge in [0.15, 0.2) is 0 Å². The molecule has 0 saturated heterocycles. The van der Waals surface area contributed by atoms with E-state index in [0.717, 1.165) is 0 Å². The summed E-state index contributed by atoms with van der Waals surface area (Å²) in [4.78, 5) is 24.7. The lowest BCUT2D eigenvalue weighted by atomic mass is 10.3. The Bertz CT molecular complexity index is 715. The van der Waals surface area contributed by atoms with Gasteiger partial charge in [0, 0.05) is 27.1 Å². The van der Waals surface area contributed by atoms with E-state index in [4.69, 9.17) is 4.74 Å². The van der Waals surface area contributed by atoms with Gasteiger partial charge in [0.05, 0.1) is 6.20 Å². The van der Waals surface area contributed by atoms with Crippen LogP contribution in [0.15, 0.2) is 30.5 Å². The van der Waals surface area contributed by atoms with E-state index in [9.17, 15) is 14.0 Å². The molecular weight excluding hydrogens is 329 g/mol. The molecule has 1 N–H and O–H groups in total. The summed E-state index contributed by atoms with van der Waals surface area (Å²) in [5.41, 5.74) is 0.542. The van der Waals surface area contributed by atoms with Crippen LogP contribution < -0.4 is 10.1 Å². The van der Waals surface area contributed by atoms with Crippen LogP contribution in [0.4, 0.5) is 4.39 Å². The lowest BCUT2D eigenvalue weighted by Crippen LogP contribution is -2.32. The molecule has 0 spiro atoms. The van der Waals surface area contributed by atoms with Crippen molar-refractivity contribution in [1.82, 2.24) is 25.2 Å². The van der Waals surface area contributed by atoms with E-state index in [1.807, 2.05) is 0 Å². The molecule has 1 aromatic carbocycles. The first kappa shape index (κ1) is 18.4. The van der Waals surface area contributed by atoms with E-state index in [2.05, 4.69) is 15.6 Å². The summed E-state index contributed by atoms with van der Waals surface area (Å²) < 4.78 is 19.6. The Morgan fingerprint density at radius 2 is 2.00 bits per heavy atom. The van der Waals surface area contributed by atoms with Crippen LogP contribution in [0, 0.1) is 5.82 Å². The van der Waals surface area contributed by atoms with E-state index in [1.165, 1.54) is 33.8 Å². The molecule has 0 aliphatic heterocycles. The summed E-state index contributed by atoms with van der Waals surface area (Å²) in [6.07, 6.45) is 1.83. The standard InChI is InChI=1S/C16H20FN5O3/c1-21(2)16(24)7-8-18-15(23)10-22-9-13(19-20-22)11-25-14-5-3-12(17)4-6-14/h3-6,9H,7-8,10-11H2,1-2H3,(H,18,23). The van der Waals surface area contributed by atoms with Crippen molar-refractivity contribution in [2.24, 2.45) is 0 Å². The van der Waals surface area contributed by atoms with Crippen LogP contribution in [-0.2, 0) is 22.7 Å². The average Bonchev–Trinajstić information content (AvgIpc) is 3.01.